The van der Waals surface area contributed by atoms with Crippen molar-refractivity contribution < 1.29 is 69.1 Å². The molecular formula is C16H25NO14. The van der Waals surface area contributed by atoms with Crippen molar-refractivity contribution in [2.75, 3.05) is 32.9 Å². The van der Waals surface area contributed by atoms with E-state index in [1.165, 1.54) is 0 Å². The largest absolute Gasteiger partial charge is 0.481 e. The van der Waals surface area contributed by atoms with Gasteiger partial charge in [-0.25, -0.2) is 14.5 Å². The average Bonchev–Trinajstić information content (AvgIpc) is 2.65. The predicted molar refractivity (Wildman–Crippen MR) is 95.5 cm³/mol. The topological polar surface area (TPSA) is 238 Å². The maximum atomic E-state index is 11.5. The van der Waals surface area contributed by atoms with Gasteiger partial charge in [0, 0.05) is 19.5 Å². The Morgan fingerprint density at radius 2 is 1.16 bits per heavy atom. The van der Waals surface area contributed by atoms with E-state index in [0.717, 1.165) is 4.90 Å². The van der Waals surface area contributed by atoms with Crippen LogP contribution in [0.2, 0.25) is 0 Å². The van der Waals surface area contributed by atoms with Gasteiger partial charge in [0.15, 0.2) is 12.2 Å². The van der Waals surface area contributed by atoms with Crippen molar-refractivity contribution in [3.63, 3.8) is 0 Å². The van der Waals surface area contributed by atoms with Crippen LogP contribution in [0, 0.1) is 0 Å². The van der Waals surface area contributed by atoms with Gasteiger partial charge in [-0.2, -0.15) is 0 Å². The van der Waals surface area contributed by atoms with Crippen LogP contribution in [0.25, 0.3) is 0 Å². The van der Waals surface area contributed by atoms with E-state index in [1.54, 1.807) is 0 Å². The second-order valence-electron chi connectivity index (χ2n) is 6.10. The van der Waals surface area contributed by atoms with Crippen LogP contribution in [0.3, 0.4) is 0 Å². The standard InChI is InChI=1S/C16H25NO14/c18-12(19)7-9(14(22)23)17(2-5-29-10(15(24)25)1-4-31-28)3-6-30-11(16(26)27)8-13(20)21/h9-11,28H,1-8H2,(H,18,19)(H,20,21)(H,22,23)(H,24,25)(H,26,27). The Balaban J connectivity index is 5.12. The van der Waals surface area contributed by atoms with Gasteiger partial charge in [0.1, 0.15) is 6.04 Å². The van der Waals surface area contributed by atoms with Crippen molar-refractivity contribution in [2.45, 2.75) is 37.5 Å². The average molecular weight is 455 g/mol. The minimum Gasteiger partial charge on any atom is -0.481 e. The van der Waals surface area contributed by atoms with Crippen molar-refractivity contribution >= 4 is 29.8 Å². The molecule has 0 spiro atoms. The van der Waals surface area contributed by atoms with Gasteiger partial charge in [-0.3, -0.25) is 24.5 Å². The van der Waals surface area contributed by atoms with Crippen LogP contribution in [0.5, 0.6) is 0 Å². The summed E-state index contributed by atoms with van der Waals surface area (Å²) in [5.74, 6) is -7.29. The molecule has 0 heterocycles. The number of rotatable bonds is 19. The van der Waals surface area contributed by atoms with Crippen molar-refractivity contribution in [2.24, 2.45) is 0 Å². The van der Waals surface area contributed by atoms with Gasteiger partial charge in [-0.15, -0.1) is 0 Å². The fourth-order valence-corrected chi connectivity index (χ4v) is 2.40. The van der Waals surface area contributed by atoms with Crippen LogP contribution in [0.15, 0.2) is 0 Å². The van der Waals surface area contributed by atoms with Gasteiger partial charge in [0.25, 0.3) is 0 Å². The van der Waals surface area contributed by atoms with Crippen molar-refractivity contribution in [1.29, 1.82) is 0 Å². The van der Waals surface area contributed by atoms with E-state index in [1.807, 2.05) is 0 Å². The first-order chi connectivity index (χ1) is 14.5. The quantitative estimate of drug-likeness (QED) is 0.0960. The maximum absolute atomic E-state index is 11.5. The molecule has 15 nitrogen and oxygen atoms in total. The summed E-state index contributed by atoms with van der Waals surface area (Å²) in [5, 5.41) is 53.2. The lowest BCUT2D eigenvalue weighted by Gasteiger charge is -2.28. The Kier molecular flexibility index (Phi) is 13.6. The van der Waals surface area contributed by atoms with Crippen molar-refractivity contribution in [3.05, 3.63) is 0 Å². The summed E-state index contributed by atoms with van der Waals surface area (Å²) >= 11 is 0. The van der Waals surface area contributed by atoms with Gasteiger partial charge in [-0.1, -0.05) is 0 Å². The normalized spacial score (nSPS) is 14.0. The number of hydrogen-bond donors (Lipinski definition) is 6. The summed E-state index contributed by atoms with van der Waals surface area (Å²) in [5.41, 5.74) is 0. The molecule has 0 radical (unpaired) electrons. The van der Waals surface area contributed by atoms with Crippen LogP contribution in [0.1, 0.15) is 19.3 Å². The zero-order valence-corrected chi connectivity index (χ0v) is 16.3. The van der Waals surface area contributed by atoms with Crippen LogP contribution in [-0.2, 0) is 38.3 Å². The zero-order chi connectivity index (χ0) is 24.0. The highest BCUT2D eigenvalue weighted by Crippen LogP contribution is 2.09. The second-order valence-corrected chi connectivity index (χ2v) is 6.10. The molecule has 0 bridgehead atoms. The summed E-state index contributed by atoms with van der Waals surface area (Å²) in [4.78, 5) is 60.1. The van der Waals surface area contributed by atoms with Crippen LogP contribution in [0.4, 0.5) is 0 Å². The van der Waals surface area contributed by atoms with E-state index in [-0.39, 0.29) is 32.7 Å². The van der Waals surface area contributed by atoms with E-state index in [2.05, 4.69) is 4.89 Å². The number of carboxylic acids is 5. The fraction of sp³-hybridized carbons (Fsp3) is 0.688. The first-order valence-electron chi connectivity index (χ1n) is 8.85. The van der Waals surface area contributed by atoms with Gasteiger partial charge in [0.05, 0.1) is 32.7 Å². The third-order valence-corrected chi connectivity index (χ3v) is 3.87. The number of hydrogen-bond acceptors (Lipinski definition) is 10. The van der Waals surface area contributed by atoms with E-state index >= 15 is 0 Å². The molecule has 178 valence electrons. The fourth-order valence-electron chi connectivity index (χ4n) is 2.40. The third-order valence-electron chi connectivity index (χ3n) is 3.87. The van der Waals surface area contributed by atoms with E-state index in [9.17, 15) is 29.1 Å². The summed E-state index contributed by atoms with van der Waals surface area (Å²) in [6.07, 6.45) is -4.98. The minimum atomic E-state index is -1.70. The summed E-state index contributed by atoms with van der Waals surface area (Å²) in [6.45, 7) is -1.73. The Morgan fingerprint density at radius 3 is 1.55 bits per heavy atom. The van der Waals surface area contributed by atoms with Crippen LogP contribution < -0.4 is 0 Å². The predicted octanol–water partition coefficient (Wildman–Crippen LogP) is -1.49. The molecule has 3 unspecified atom stereocenters. The Labute approximate surface area is 175 Å². The SMILES string of the molecule is O=C(O)CC(OCCN(CCOC(CCOO)C(=O)O)C(CC(=O)O)C(=O)O)C(=O)O. The highest BCUT2D eigenvalue weighted by Gasteiger charge is 2.29. The molecule has 31 heavy (non-hydrogen) atoms. The zero-order valence-electron chi connectivity index (χ0n) is 16.3. The number of nitrogens with zero attached hydrogens (tertiary/aromatic N) is 1. The molecule has 0 amide bonds. The van der Waals surface area contributed by atoms with Gasteiger partial charge < -0.3 is 35.0 Å². The molecule has 0 fully saturated rings. The number of carbonyl (C=O) groups is 5. The minimum absolute atomic E-state index is 0.220. The van der Waals surface area contributed by atoms with Gasteiger partial charge in [0.2, 0.25) is 0 Å². The summed E-state index contributed by atoms with van der Waals surface area (Å²) in [6, 6.07) is -1.57. The molecule has 0 rings (SSSR count). The third kappa shape index (κ3) is 12.4. The van der Waals surface area contributed by atoms with Gasteiger partial charge in [-0.05, 0) is 0 Å². The summed E-state index contributed by atoms with van der Waals surface area (Å²) in [7, 11) is 0. The molecule has 0 aliphatic heterocycles. The van der Waals surface area contributed by atoms with E-state index in [0.29, 0.717) is 0 Å². The molecule has 6 N–H and O–H groups in total. The Bertz CT molecular complexity index is 623. The van der Waals surface area contributed by atoms with Crippen LogP contribution in [-0.4, -0.2) is 117 Å². The number of carboxylic acid groups (broad SMARTS) is 5. The maximum Gasteiger partial charge on any atom is 0.333 e. The van der Waals surface area contributed by atoms with Crippen molar-refractivity contribution in [1.82, 2.24) is 4.90 Å². The first-order valence-corrected chi connectivity index (χ1v) is 8.85. The number of aliphatic carboxylic acids is 5. The van der Waals surface area contributed by atoms with Gasteiger partial charge >= 0.3 is 29.8 Å². The first kappa shape index (κ1) is 28.1. The lowest BCUT2D eigenvalue weighted by Crippen LogP contribution is -2.46. The molecule has 15 heteroatoms. The van der Waals surface area contributed by atoms with Crippen molar-refractivity contribution in [3.8, 4) is 0 Å². The Morgan fingerprint density at radius 1 is 0.677 bits per heavy atom. The van der Waals surface area contributed by atoms with Crippen LogP contribution >= 0.6 is 0 Å². The number of ether oxygens (including phenoxy) is 2. The molecule has 0 saturated heterocycles. The van der Waals surface area contributed by atoms with E-state index in [4.69, 9.17) is 35.2 Å². The molecular weight excluding hydrogens is 430 g/mol. The molecule has 0 aliphatic carbocycles. The summed E-state index contributed by atoms with van der Waals surface area (Å²) < 4.78 is 10.1. The molecule has 0 aliphatic rings. The molecule has 0 aromatic heterocycles. The highest BCUT2D eigenvalue weighted by atomic mass is 17.1. The molecule has 0 aromatic carbocycles. The lowest BCUT2D eigenvalue weighted by molar-refractivity contribution is -0.246. The lowest BCUT2D eigenvalue weighted by atomic mass is 10.1. The smallest absolute Gasteiger partial charge is 0.333 e. The molecule has 0 aromatic rings. The Hall–Kier alpha value is -2.85. The second kappa shape index (κ2) is 15.0. The molecule has 0 saturated carbocycles. The molecule has 3 atom stereocenters. The highest BCUT2D eigenvalue weighted by molar-refractivity contribution is 5.80. The van der Waals surface area contributed by atoms with E-state index < -0.39 is 67.5 Å². The monoisotopic (exact) mass is 455 g/mol.